The number of benzene rings is 1. The predicted octanol–water partition coefficient (Wildman–Crippen LogP) is 4.32. The van der Waals surface area contributed by atoms with E-state index >= 15 is 0 Å². The fourth-order valence-electron chi connectivity index (χ4n) is 1.82. The van der Waals surface area contributed by atoms with Crippen LogP contribution in [-0.2, 0) is 6.54 Å². The Bertz CT molecular complexity index is 567. The first-order valence-corrected chi connectivity index (χ1v) is 6.55. The van der Waals surface area contributed by atoms with Crippen LogP contribution >= 0.6 is 23.2 Å². The third kappa shape index (κ3) is 3.11. The Morgan fingerprint density at radius 1 is 1.26 bits per heavy atom. The number of pyridine rings is 1. The van der Waals surface area contributed by atoms with E-state index in [4.69, 9.17) is 27.9 Å². The van der Waals surface area contributed by atoms with Crippen molar-refractivity contribution in [3.8, 4) is 5.75 Å². The van der Waals surface area contributed by atoms with Gasteiger partial charge in [0.05, 0.1) is 12.8 Å². The van der Waals surface area contributed by atoms with Crippen LogP contribution in [0.1, 0.15) is 11.1 Å². The fraction of sp³-hybridized carbons (Fsp3) is 0.214. The van der Waals surface area contributed by atoms with E-state index in [-0.39, 0.29) is 0 Å². The van der Waals surface area contributed by atoms with Crippen LogP contribution in [0.3, 0.4) is 0 Å². The van der Waals surface area contributed by atoms with Gasteiger partial charge in [0.15, 0.2) is 5.15 Å². The summed E-state index contributed by atoms with van der Waals surface area (Å²) in [5.74, 6) is 0.748. The van der Waals surface area contributed by atoms with Gasteiger partial charge in [0, 0.05) is 23.3 Å². The zero-order chi connectivity index (χ0) is 13.8. The van der Waals surface area contributed by atoms with Gasteiger partial charge in [0.2, 0.25) is 0 Å². The van der Waals surface area contributed by atoms with E-state index in [1.165, 1.54) is 0 Å². The second-order valence-electron chi connectivity index (χ2n) is 4.07. The fourth-order valence-corrected chi connectivity index (χ4v) is 2.32. The quantitative estimate of drug-likeness (QED) is 0.853. The summed E-state index contributed by atoms with van der Waals surface area (Å²) in [6, 6.07) is 7.46. The SMILES string of the molecule is COc1cccc(Cl)c1CNc1c(C)ccnc1Cl. The molecule has 5 heteroatoms. The van der Waals surface area contributed by atoms with Crippen LogP contribution in [0.15, 0.2) is 30.5 Å². The van der Waals surface area contributed by atoms with Crippen LogP contribution < -0.4 is 10.1 Å². The first kappa shape index (κ1) is 14.0. The summed E-state index contributed by atoms with van der Waals surface area (Å²) in [6.45, 7) is 2.49. The summed E-state index contributed by atoms with van der Waals surface area (Å²) in [6.07, 6.45) is 1.68. The van der Waals surface area contributed by atoms with Gasteiger partial charge in [0.25, 0.3) is 0 Å². The topological polar surface area (TPSA) is 34.1 Å². The Morgan fingerprint density at radius 2 is 2.05 bits per heavy atom. The van der Waals surface area contributed by atoms with E-state index in [1.54, 1.807) is 13.3 Å². The van der Waals surface area contributed by atoms with E-state index in [1.807, 2.05) is 31.2 Å². The molecule has 1 N–H and O–H groups in total. The van der Waals surface area contributed by atoms with Gasteiger partial charge in [-0.2, -0.15) is 0 Å². The van der Waals surface area contributed by atoms with Crippen molar-refractivity contribution in [2.75, 3.05) is 12.4 Å². The maximum absolute atomic E-state index is 6.19. The molecule has 0 aliphatic rings. The van der Waals surface area contributed by atoms with Gasteiger partial charge in [-0.3, -0.25) is 0 Å². The van der Waals surface area contributed by atoms with Gasteiger partial charge in [-0.15, -0.1) is 0 Å². The van der Waals surface area contributed by atoms with Crippen LogP contribution in [0.25, 0.3) is 0 Å². The van der Waals surface area contributed by atoms with Crippen molar-refractivity contribution < 1.29 is 4.74 Å². The number of hydrogen-bond acceptors (Lipinski definition) is 3. The number of aryl methyl sites for hydroxylation is 1. The number of methoxy groups -OCH3 is 1. The zero-order valence-electron chi connectivity index (χ0n) is 10.7. The Hall–Kier alpha value is -1.45. The molecule has 0 saturated heterocycles. The number of nitrogens with zero attached hydrogens (tertiary/aromatic N) is 1. The van der Waals surface area contributed by atoms with Gasteiger partial charge < -0.3 is 10.1 Å². The Balaban J connectivity index is 2.24. The number of aromatic nitrogens is 1. The van der Waals surface area contributed by atoms with Crippen molar-refractivity contribution in [1.29, 1.82) is 0 Å². The van der Waals surface area contributed by atoms with Gasteiger partial charge in [-0.1, -0.05) is 29.3 Å². The predicted molar refractivity (Wildman–Crippen MR) is 79.3 cm³/mol. The van der Waals surface area contributed by atoms with Crippen molar-refractivity contribution >= 4 is 28.9 Å². The molecular weight excluding hydrogens is 283 g/mol. The molecule has 19 heavy (non-hydrogen) atoms. The summed E-state index contributed by atoms with van der Waals surface area (Å²) in [5.41, 5.74) is 2.74. The first-order chi connectivity index (χ1) is 9.13. The highest BCUT2D eigenvalue weighted by atomic mass is 35.5. The molecule has 0 radical (unpaired) electrons. The Labute approximate surface area is 122 Å². The summed E-state index contributed by atoms with van der Waals surface area (Å²) in [5, 5.41) is 4.36. The maximum atomic E-state index is 6.19. The molecule has 100 valence electrons. The minimum Gasteiger partial charge on any atom is -0.496 e. The third-order valence-electron chi connectivity index (χ3n) is 2.85. The summed E-state index contributed by atoms with van der Waals surface area (Å²) < 4.78 is 5.30. The molecule has 1 aromatic carbocycles. The molecule has 2 rings (SSSR count). The summed E-state index contributed by atoms with van der Waals surface area (Å²) in [7, 11) is 1.62. The molecule has 0 unspecified atom stereocenters. The van der Waals surface area contributed by atoms with Crippen LogP contribution in [0.4, 0.5) is 5.69 Å². The highest BCUT2D eigenvalue weighted by Crippen LogP contribution is 2.29. The largest absolute Gasteiger partial charge is 0.496 e. The molecular formula is C14H14Cl2N2O. The summed E-state index contributed by atoms with van der Waals surface area (Å²) in [4.78, 5) is 4.06. The molecule has 2 aromatic rings. The minimum absolute atomic E-state index is 0.450. The van der Waals surface area contributed by atoms with E-state index in [0.717, 1.165) is 22.6 Å². The molecule has 0 atom stereocenters. The van der Waals surface area contributed by atoms with Crippen LogP contribution in [-0.4, -0.2) is 12.1 Å². The Morgan fingerprint density at radius 3 is 2.74 bits per heavy atom. The average Bonchev–Trinajstić information content (AvgIpc) is 2.39. The van der Waals surface area contributed by atoms with Crippen LogP contribution in [0, 0.1) is 6.92 Å². The molecule has 0 bridgehead atoms. The molecule has 0 amide bonds. The van der Waals surface area contributed by atoms with Crippen LogP contribution in [0.5, 0.6) is 5.75 Å². The van der Waals surface area contributed by atoms with Crippen molar-refractivity contribution in [2.24, 2.45) is 0 Å². The lowest BCUT2D eigenvalue weighted by atomic mass is 10.2. The van der Waals surface area contributed by atoms with E-state index in [9.17, 15) is 0 Å². The number of nitrogens with one attached hydrogen (secondary N) is 1. The third-order valence-corrected chi connectivity index (χ3v) is 3.49. The van der Waals surface area contributed by atoms with Crippen molar-refractivity contribution in [1.82, 2.24) is 4.98 Å². The van der Waals surface area contributed by atoms with Gasteiger partial charge in [0.1, 0.15) is 5.75 Å². The zero-order valence-corrected chi connectivity index (χ0v) is 12.2. The van der Waals surface area contributed by atoms with Crippen molar-refractivity contribution in [2.45, 2.75) is 13.5 Å². The molecule has 0 spiro atoms. The number of halogens is 2. The molecule has 1 heterocycles. The highest BCUT2D eigenvalue weighted by molar-refractivity contribution is 6.32. The number of anilines is 1. The molecule has 0 aliphatic heterocycles. The molecule has 0 fully saturated rings. The molecule has 3 nitrogen and oxygen atoms in total. The Kier molecular flexibility index (Phi) is 4.51. The van der Waals surface area contributed by atoms with Crippen molar-refractivity contribution in [3.05, 3.63) is 51.8 Å². The smallest absolute Gasteiger partial charge is 0.152 e. The normalized spacial score (nSPS) is 10.3. The average molecular weight is 297 g/mol. The van der Waals surface area contributed by atoms with Crippen molar-refractivity contribution in [3.63, 3.8) is 0 Å². The minimum atomic E-state index is 0.450. The lowest BCUT2D eigenvalue weighted by Gasteiger charge is -2.14. The maximum Gasteiger partial charge on any atom is 0.152 e. The van der Waals surface area contributed by atoms with Gasteiger partial charge >= 0.3 is 0 Å². The number of hydrogen-bond donors (Lipinski definition) is 1. The standard InChI is InChI=1S/C14H14Cl2N2O/c1-9-6-7-17-14(16)13(9)18-8-10-11(15)4-3-5-12(10)19-2/h3-7,18H,8H2,1-2H3. The first-order valence-electron chi connectivity index (χ1n) is 5.80. The second kappa shape index (κ2) is 6.13. The van der Waals surface area contributed by atoms with Gasteiger partial charge in [-0.05, 0) is 30.7 Å². The molecule has 0 aliphatic carbocycles. The number of ether oxygens (including phenoxy) is 1. The van der Waals surface area contributed by atoms with E-state index in [0.29, 0.717) is 16.7 Å². The summed E-state index contributed by atoms with van der Waals surface area (Å²) >= 11 is 12.3. The molecule has 1 aromatic heterocycles. The second-order valence-corrected chi connectivity index (χ2v) is 4.83. The van der Waals surface area contributed by atoms with Gasteiger partial charge in [-0.25, -0.2) is 4.98 Å². The van der Waals surface area contributed by atoms with Crippen LogP contribution in [0.2, 0.25) is 10.2 Å². The lowest BCUT2D eigenvalue weighted by molar-refractivity contribution is 0.410. The monoisotopic (exact) mass is 296 g/mol. The lowest BCUT2D eigenvalue weighted by Crippen LogP contribution is -2.04. The highest BCUT2D eigenvalue weighted by Gasteiger charge is 2.10. The van der Waals surface area contributed by atoms with E-state index in [2.05, 4.69) is 10.3 Å². The van der Waals surface area contributed by atoms with E-state index < -0.39 is 0 Å². The number of rotatable bonds is 4. The molecule has 0 saturated carbocycles.